The van der Waals surface area contributed by atoms with E-state index in [-0.39, 0.29) is 28.7 Å². The number of benzene rings is 3. The lowest BCUT2D eigenvalue weighted by atomic mass is 9.77. The molecule has 2 N–H and O–H groups in total. The first-order valence-electron chi connectivity index (χ1n) is 11.6. The summed E-state index contributed by atoms with van der Waals surface area (Å²) in [5, 5.41) is 3.62. The molecule has 0 aromatic heterocycles. The molecule has 2 aliphatic rings. The number of ether oxygens (including phenoxy) is 1. The number of hydrogen-bond acceptors (Lipinski definition) is 5. The Labute approximate surface area is 206 Å². The standard InChI is InChI=1S/C28H28N2O4S/c1-17-6-4-7-18(2)26(17)30-35(32,33)21-14-15-25-24(16-21)22-8-5-9-23(22)27(29-25)19-10-12-20(13-11-19)28(31)34-3/h4-8,10-16,22-23,27,29-30H,9H2,1-3H3/t22-,23+,27+/m1/s1. The number of methoxy groups -OCH3 is 1. The summed E-state index contributed by atoms with van der Waals surface area (Å²) in [5.74, 6) is -0.00923. The zero-order valence-electron chi connectivity index (χ0n) is 19.9. The number of sulfonamides is 1. The molecule has 35 heavy (non-hydrogen) atoms. The van der Waals surface area contributed by atoms with Crippen molar-refractivity contribution in [2.45, 2.75) is 37.1 Å². The molecule has 7 heteroatoms. The molecule has 0 amide bonds. The fourth-order valence-electron chi connectivity index (χ4n) is 5.18. The normalized spacial score (nSPS) is 20.5. The first-order chi connectivity index (χ1) is 16.8. The van der Waals surface area contributed by atoms with Crippen molar-refractivity contribution in [3.63, 3.8) is 0 Å². The summed E-state index contributed by atoms with van der Waals surface area (Å²) in [6.45, 7) is 3.79. The van der Waals surface area contributed by atoms with Crippen LogP contribution in [-0.4, -0.2) is 21.5 Å². The fraction of sp³-hybridized carbons (Fsp3) is 0.250. The van der Waals surface area contributed by atoms with Gasteiger partial charge in [0.25, 0.3) is 10.0 Å². The van der Waals surface area contributed by atoms with E-state index in [1.165, 1.54) is 7.11 Å². The van der Waals surface area contributed by atoms with E-state index in [9.17, 15) is 13.2 Å². The van der Waals surface area contributed by atoms with E-state index in [0.29, 0.717) is 11.3 Å². The number of carbonyl (C=O) groups is 1. The molecule has 3 atom stereocenters. The van der Waals surface area contributed by atoms with E-state index in [0.717, 1.165) is 34.4 Å². The van der Waals surface area contributed by atoms with Crippen LogP contribution in [0.4, 0.5) is 11.4 Å². The highest BCUT2D eigenvalue weighted by Crippen LogP contribution is 2.50. The number of allylic oxidation sites excluding steroid dienone is 2. The molecule has 3 aromatic carbocycles. The van der Waals surface area contributed by atoms with E-state index in [4.69, 9.17) is 4.74 Å². The van der Waals surface area contributed by atoms with Gasteiger partial charge < -0.3 is 10.1 Å². The molecule has 180 valence electrons. The van der Waals surface area contributed by atoms with Crippen LogP contribution < -0.4 is 10.0 Å². The minimum atomic E-state index is -3.75. The number of hydrogen-bond donors (Lipinski definition) is 2. The number of carbonyl (C=O) groups excluding carboxylic acids is 1. The van der Waals surface area contributed by atoms with Crippen molar-refractivity contribution in [1.82, 2.24) is 0 Å². The summed E-state index contributed by atoms with van der Waals surface area (Å²) in [6, 6.07) is 18.5. The van der Waals surface area contributed by atoms with Crippen molar-refractivity contribution >= 4 is 27.4 Å². The monoisotopic (exact) mass is 488 g/mol. The largest absolute Gasteiger partial charge is 0.465 e. The third kappa shape index (κ3) is 4.21. The Morgan fingerprint density at radius 3 is 2.43 bits per heavy atom. The molecular formula is C28H28N2O4S. The molecule has 6 nitrogen and oxygen atoms in total. The zero-order valence-corrected chi connectivity index (χ0v) is 20.7. The van der Waals surface area contributed by atoms with Gasteiger partial charge in [0.05, 0.1) is 29.3 Å². The molecule has 5 rings (SSSR count). The quantitative estimate of drug-likeness (QED) is 0.355. The van der Waals surface area contributed by atoms with E-state index in [2.05, 4.69) is 22.2 Å². The minimum absolute atomic E-state index is 0.0457. The fourth-order valence-corrected chi connectivity index (χ4v) is 6.42. The van der Waals surface area contributed by atoms with Crippen LogP contribution in [-0.2, 0) is 14.8 Å². The third-order valence-electron chi connectivity index (χ3n) is 7.05. The van der Waals surface area contributed by atoms with Gasteiger partial charge in [-0.1, -0.05) is 42.5 Å². The first kappa shape index (κ1) is 23.2. The van der Waals surface area contributed by atoms with Gasteiger partial charge in [-0.3, -0.25) is 4.72 Å². The van der Waals surface area contributed by atoms with Crippen molar-refractivity contribution in [3.05, 3.63) is 101 Å². The number of anilines is 2. The SMILES string of the molecule is COC(=O)c1ccc([C@@H]2Nc3ccc(S(=O)(=O)Nc4c(C)cccc4C)cc3[C@@H]3C=CC[C@@H]32)cc1. The van der Waals surface area contributed by atoms with Crippen LogP contribution in [0.5, 0.6) is 0 Å². The number of aryl methyl sites for hydroxylation is 2. The Hall–Kier alpha value is -3.58. The summed E-state index contributed by atoms with van der Waals surface area (Å²) in [6.07, 6.45) is 5.23. The van der Waals surface area contributed by atoms with Crippen LogP contribution in [0.25, 0.3) is 0 Å². The van der Waals surface area contributed by atoms with Crippen LogP contribution in [0.2, 0.25) is 0 Å². The summed E-state index contributed by atoms with van der Waals surface area (Å²) < 4.78 is 34.2. The average molecular weight is 489 g/mol. The highest BCUT2D eigenvalue weighted by molar-refractivity contribution is 7.92. The maximum Gasteiger partial charge on any atom is 0.337 e. The molecule has 1 aliphatic carbocycles. The highest BCUT2D eigenvalue weighted by atomic mass is 32.2. The Morgan fingerprint density at radius 1 is 1.03 bits per heavy atom. The van der Waals surface area contributed by atoms with E-state index < -0.39 is 10.0 Å². The third-order valence-corrected chi connectivity index (χ3v) is 8.40. The zero-order chi connectivity index (χ0) is 24.7. The van der Waals surface area contributed by atoms with Crippen LogP contribution in [0.3, 0.4) is 0 Å². The van der Waals surface area contributed by atoms with Gasteiger partial charge in [0.15, 0.2) is 0 Å². The summed E-state index contributed by atoms with van der Waals surface area (Å²) >= 11 is 0. The molecule has 0 saturated heterocycles. The molecule has 0 bridgehead atoms. The first-order valence-corrected chi connectivity index (χ1v) is 13.1. The topological polar surface area (TPSA) is 84.5 Å². The lowest BCUT2D eigenvalue weighted by molar-refractivity contribution is 0.0600. The van der Waals surface area contributed by atoms with Gasteiger partial charge >= 0.3 is 5.97 Å². The van der Waals surface area contributed by atoms with E-state index in [1.807, 2.05) is 50.2 Å². The van der Waals surface area contributed by atoms with E-state index in [1.54, 1.807) is 24.3 Å². The Bertz CT molecular complexity index is 1410. The number of nitrogens with one attached hydrogen (secondary N) is 2. The maximum absolute atomic E-state index is 13.3. The average Bonchev–Trinajstić information content (AvgIpc) is 3.36. The summed E-state index contributed by atoms with van der Waals surface area (Å²) in [5.41, 5.74) is 5.88. The minimum Gasteiger partial charge on any atom is -0.465 e. The number of fused-ring (bicyclic) bond motifs is 3. The van der Waals surface area contributed by atoms with Crippen molar-refractivity contribution in [2.24, 2.45) is 5.92 Å². The van der Waals surface area contributed by atoms with Crippen LogP contribution >= 0.6 is 0 Å². The second-order valence-electron chi connectivity index (χ2n) is 9.21. The molecule has 0 saturated carbocycles. The Kier molecular flexibility index (Phi) is 5.89. The van der Waals surface area contributed by atoms with Crippen molar-refractivity contribution in [3.8, 4) is 0 Å². The lowest BCUT2D eigenvalue weighted by Gasteiger charge is -2.37. The van der Waals surface area contributed by atoms with Gasteiger partial charge in [-0.05, 0) is 78.8 Å². The Morgan fingerprint density at radius 2 is 1.74 bits per heavy atom. The van der Waals surface area contributed by atoms with Gasteiger partial charge in [0, 0.05) is 11.6 Å². The van der Waals surface area contributed by atoms with Gasteiger partial charge in [-0.25, -0.2) is 13.2 Å². The molecular weight excluding hydrogens is 460 g/mol. The van der Waals surface area contributed by atoms with Crippen molar-refractivity contribution in [1.29, 1.82) is 0 Å². The Balaban J connectivity index is 1.46. The van der Waals surface area contributed by atoms with Crippen molar-refractivity contribution in [2.75, 3.05) is 17.1 Å². The van der Waals surface area contributed by atoms with Crippen molar-refractivity contribution < 1.29 is 17.9 Å². The number of rotatable bonds is 5. The second kappa shape index (κ2) is 8.89. The molecule has 0 fully saturated rings. The smallest absolute Gasteiger partial charge is 0.337 e. The van der Waals surface area contributed by atoms with Gasteiger partial charge in [0.1, 0.15) is 0 Å². The van der Waals surface area contributed by atoms with Gasteiger partial charge in [-0.15, -0.1) is 0 Å². The molecule has 1 aliphatic heterocycles. The lowest BCUT2D eigenvalue weighted by Crippen LogP contribution is -2.29. The van der Waals surface area contributed by atoms with Crippen LogP contribution in [0.1, 0.15) is 51.0 Å². The van der Waals surface area contributed by atoms with E-state index >= 15 is 0 Å². The molecule has 0 spiro atoms. The summed E-state index contributed by atoms with van der Waals surface area (Å²) in [4.78, 5) is 12.1. The molecule has 0 radical (unpaired) electrons. The summed E-state index contributed by atoms with van der Waals surface area (Å²) in [7, 11) is -2.38. The van der Waals surface area contributed by atoms with Gasteiger partial charge in [0.2, 0.25) is 0 Å². The molecule has 3 aromatic rings. The maximum atomic E-state index is 13.3. The predicted molar refractivity (Wildman–Crippen MR) is 137 cm³/mol. The molecule has 0 unspecified atom stereocenters. The number of esters is 1. The van der Waals surface area contributed by atoms with Gasteiger partial charge in [-0.2, -0.15) is 0 Å². The number of para-hydroxylation sites is 1. The second-order valence-corrected chi connectivity index (χ2v) is 10.9. The highest BCUT2D eigenvalue weighted by Gasteiger charge is 2.38. The molecule has 1 heterocycles. The van der Waals surface area contributed by atoms with Crippen LogP contribution in [0.15, 0.2) is 77.7 Å². The van der Waals surface area contributed by atoms with Crippen LogP contribution in [0, 0.1) is 19.8 Å². The predicted octanol–water partition coefficient (Wildman–Crippen LogP) is 5.72.